The fourth-order valence-corrected chi connectivity index (χ4v) is 13.8. The zero-order valence-electron chi connectivity index (χ0n) is 35.1. The second-order valence-electron chi connectivity index (χ2n) is 20.5. The predicted molar refractivity (Wildman–Crippen MR) is 204 cm³/mol. The van der Waals surface area contributed by atoms with E-state index in [9.17, 15) is 50.4 Å². The molecular formula is C43H68O15. The molecule has 0 aromatic heterocycles. The Morgan fingerprint density at radius 3 is 1.90 bits per heavy atom. The van der Waals surface area contributed by atoms with E-state index >= 15 is 0 Å². The van der Waals surface area contributed by atoms with Gasteiger partial charge in [0.1, 0.15) is 48.8 Å². The maximum absolute atomic E-state index is 14.7. The maximum Gasteiger partial charge on any atom is 0.315 e. The second kappa shape index (κ2) is 15.2. The summed E-state index contributed by atoms with van der Waals surface area (Å²) in [6.45, 7) is 12.2. The van der Waals surface area contributed by atoms with Gasteiger partial charge >= 0.3 is 11.9 Å². The molecule has 0 spiro atoms. The maximum atomic E-state index is 14.7. The summed E-state index contributed by atoms with van der Waals surface area (Å²) in [6, 6.07) is 0. The van der Waals surface area contributed by atoms with Gasteiger partial charge in [-0.05, 0) is 111 Å². The first-order chi connectivity index (χ1) is 27.1. The minimum absolute atomic E-state index is 0.125. The van der Waals surface area contributed by atoms with E-state index in [4.69, 9.17) is 23.7 Å². The van der Waals surface area contributed by atoms with Crippen molar-refractivity contribution in [2.75, 3.05) is 20.3 Å². The van der Waals surface area contributed by atoms with Crippen LogP contribution < -0.4 is 0 Å². The highest BCUT2D eigenvalue weighted by atomic mass is 16.7. The van der Waals surface area contributed by atoms with E-state index in [1.165, 1.54) is 7.11 Å². The standard InChI is InChI=1S/C43H68O15/c1-38(2)25-10-13-42(6)26(40(25,4)12-11-27(38)57-34-32(50)30(48)28(46)23(19-44)55-34)9-8-21-22-18-39(3,36(52)54-7)14-16-43(22,17-15-41(21,42)5)37(53)58-35-33(51)31(49)29(47)24(20-45)56-35/h8,22-35,44-51H,9-20H2,1-7H3/t22-,23+,24+,25-,26+,27-,28+,29+,30-,31-,32+,33+,34-,35-,39-,40-,41+,42+,43-/m0/s1. The van der Waals surface area contributed by atoms with Crippen LogP contribution in [0.5, 0.6) is 0 Å². The Labute approximate surface area is 341 Å². The molecule has 0 amide bonds. The number of rotatable bonds is 7. The molecule has 0 unspecified atom stereocenters. The van der Waals surface area contributed by atoms with Gasteiger partial charge in [-0.3, -0.25) is 9.59 Å². The average molecular weight is 825 g/mol. The molecule has 6 fully saturated rings. The van der Waals surface area contributed by atoms with Crippen molar-refractivity contribution in [1.29, 1.82) is 0 Å². The van der Waals surface area contributed by atoms with Crippen molar-refractivity contribution in [2.45, 2.75) is 173 Å². The second-order valence-corrected chi connectivity index (χ2v) is 20.5. The van der Waals surface area contributed by atoms with Crippen LogP contribution in [0.15, 0.2) is 11.6 Å². The summed E-state index contributed by atoms with van der Waals surface area (Å²) in [6.07, 6.45) is -6.37. The van der Waals surface area contributed by atoms with Crippen molar-refractivity contribution >= 4 is 11.9 Å². The van der Waals surface area contributed by atoms with Gasteiger partial charge in [0, 0.05) is 0 Å². The molecule has 8 N–H and O–H groups in total. The van der Waals surface area contributed by atoms with Gasteiger partial charge in [-0.2, -0.15) is 0 Å². The molecule has 5 aliphatic carbocycles. The Bertz CT molecular complexity index is 1600. The van der Waals surface area contributed by atoms with Crippen LogP contribution in [0.25, 0.3) is 0 Å². The molecule has 19 atom stereocenters. The number of hydrogen-bond acceptors (Lipinski definition) is 15. The molecule has 0 aromatic carbocycles. The van der Waals surface area contributed by atoms with Gasteiger partial charge < -0.3 is 64.5 Å². The van der Waals surface area contributed by atoms with Gasteiger partial charge in [-0.15, -0.1) is 0 Å². The average Bonchev–Trinajstić information content (AvgIpc) is 3.18. The van der Waals surface area contributed by atoms with Gasteiger partial charge in [0.25, 0.3) is 0 Å². The third-order valence-electron chi connectivity index (χ3n) is 17.7. The molecule has 7 aliphatic rings. The van der Waals surface area contributed by atoms with E-state index in [-0.39, 0.29) is 45.6 Å². The topological polar surface area (TPSA) is 242 Å². The number of hydrogen-bond donors (Lipinski definition) is 8. The van der Waals surface area contributed by atoms with Gasteiger partial charge in [0.15, 0.2) is 6.29 Å². The molecule has 2 aliphatic heterocycles. The largest absolute Gasteiger partial charge is 0.469 e. The number of fused-ring (bicyclic) bond motifs is 7. The molecule has 0 radical (unpaired) electrons. The molecule has 15 heteroatoms. The Balaban J connectivity index is 1.19. The van der Waals surface area contributed by atoms with Crippen molar-refractivity contribution < 1.29 is 74.1 Å². The Kier molecular flexibility index (Phi) is 11.6. The van der Waals surface area contributed by atoms with E-state index < -0.39 is 97.3 Å². The molecular weight excluding hydrogens is 756 g/mol. The number of carbonyl (C=O) groups is 2. The minimum Gasteiger partial charge on any atom is -0.469 e. The van der Waals surface area contributed by atoms with E-state index in [0.717, 1.165) is 31.3 Å². The lowest BCUT2D eigenvalue weighted by Gasteiger charge is -2.71. The SMILES string of the molecule is COC(=O)[C@@]1(C)CC[C@]2(C(=O)O[C@@H]3O[C@H](CO)[C@@H](O)[C@H](O)[C@H]3O)CC[C@]3(C)C(=CC[C@@H]4[C@@]5(C)CC[C@H](O[C@@H]6O[C@H](CO)[C@@H](O)[C@H](O)[C@H]6O)C(C)(C)[C@@H]5CC[C@]43C)[C@@H]2C1. The number of allylic oxidation sites excluding steroid dienone is 2. The number of esters is 2. The first-order valence-corrected chi connectivity index (χ1v) is 21.4. The molecule has 0 bridgehead atoms. The van der Waals surface area contributed by atoms with Gasteiger partial charge in [-0.25, -0.2) is 0 Å². The predicted octanol–water partition coefficient (Wildman–Crippen LogP) is 1.47. The zero-order valence-corrected chi connectivity index (χ0v) is 35.1. The lowest BCUT2D eigenvalue weighted by Crippen LogP contribution is -2.66. The van der Waals surface area contributed by atoms with Crippen molar-refractivity contribution in [3.63, 3.8) is 0 Å². The smallest absolute Gasteiger partial charge is 0.315 e. The first-order valence-electron chi connectivity index (χ1n) is 21.4. The van der Waals surface area contributed by atoms with Crippen molar-refractivity contribution in [3.05, 3.63) is 11.6 Å². The number of aliphatic hydroxyl groups excluding tert-OH is 8. The lowest BCUT2D eigenvalue weighted by atomic mass is 9.33. The molecule has 0 aromatic rings. The van der Waals surface area contributed by atoms with Crippen LogP contribution in [0.4, 0.5) is 0 Å². The summed E-state index contributed by atoms with van der Waals surface area (Å²) in [5, 5.41) is 82.9. The number of methoxy groups -OCH3 is 1. The molecule has 58 heavy (non-hydrogen) atoms. The molecule has 7 rings (SSSR count). The van der Waals surface area contributed by atoms with Crippen LogP contribution in [0.3, 0.4) is 0 Å². The van der Waals surface area contributed by atoms with Crippen LogP contribution >= 0.6 is 0 Å². The molecule has 2 heterocycles. The highest BCUT2D eigenvalue weighted by Crippen LogP contribution is 2.76. The van der Waals surface area contributed by atoms with Crippen LogP contribution in [0.2, 0.25) is 0 Å². The number of aliphatic hydroxyl groups is 8. The highest BCUT2D eigenvalue weighted by molar-refractivity contribution is 5.81. The summed E-state index contributed by atoms with van der Waals surface area (Å²) in [5.41, 5.74) is -1.85. The number of carbonyl (C=O) groups excluding carboxylic acids is 2. The monoisotopic (exact) mass is 824 g/mol. The lowest BCUT2D eigenvalue weighted by molar-refractivity contribution is -0.330. The Morgan fingerprint density at radius 1 is 0.707 bits per heavy atom. The normalized spacial score (nSPS) is 52.5. The van der Waals surface area contributed by atoms with E-state index in [2.05, 4.69) is 40.7 Å². The third kappa shape index (κ3) is 6.38. The number of ether oxygens (including phenoxy) is 5. The van der Waals surface area contributed by atoms with Crippen molar-refractivity contribution in [1.82, 2.24) is 0 Å². The van der Waals surface area contributed by atoms with Crippen LogP contribution in [0, 0.1) is 50.2 Å². The van der Waals surface area contributed by atoms with Crippen LogP contribution in [-0.2, 0) is 33.3 Å². The van der Waals surface area contributed by atoms with E-state index in [1.807, 2.05) is 6.92 Å². The van der Waals surface area contributed by atoms with Crippen LogP contribution in [0.1, 0.15) is 106 Å². The minimum atomic E-state index is -1.74. The fraction of sp³-hybridized carbons (Fsp3) is 0.907. The summed E-state index contributed by atoms with van der Waals surface area (Å²) < 4.78 is 29.2. The van der Waals surface area contributed by atoms with Crippen molar-refractivity contribution in [3.8, 4) is 0 Å². The van der Waals surface area contributed by atoms with E-state index in [0.29, 0.717) is 38.5 Å². The Hall–Kier alpha value is -1.76. The summed E-state index contributed by atoms with van der Waals surface area (Å²) in [4.78, 5) is 28.1. The van der Waals surface area contributed by atoms with E-state index in [1.54, 1.807) is 0 Å². The van der Waals surface area contributed by atoms with Gasteiger partial charge in [0.2, 0.25) is 6.29 Å². The zero-order chi connectivity index (χ0) is 42.5. The first kappa shape index (κ1) is 44.3. The third-order valence-corrected chi connectivity index (χ3v) is 17.7. The molecule has 330 valence electrons. The van der Waals surface area contributed by atoms with Crippen molar-refractivity contribution in [2.24, 2.45) is 50.2 Å². The van der Waals surface area contributed by atoms with Gasteiger partial charge in [-0.1, -0.05) is 46.3 Å². The summed E-state index contributed by atoms with van der Waals surface area (Å²) >= 11 is 0. The van der Waals surface area contributed by atoms with Crippen LogP contribution in [-0.4, -0.2) is 141 Å². The fourth-order valence-electron chi connectivity index (χ4n) is 13.8. The van der Waals surface area contributed by atoms with Gasteiger partial charge in [0.05, 0.1) is 37.3 Å². The highest BCUT2D eigenvalue weighted by Gasteiger charge is 2.70. The summed E-state index contributed by atoms with van der Waals surface area (Å²) in [7, 11) is 1.38. The molecule has 2 saturated heterocycles. The molecule has 4 saturated carbocycles. The molecule has 15 nitrogen and oxygen atoms in total. The quantitative estimate of drug-likeness (QED) is 0.103. The summed E-state index contributed by atoms with van der Waals surface area (Å²) in [5.74, 6) is -0.866. The Morgan fingerprint density at radius 2 is 1.29 bits per heavy atom.